The lowest BCUT2D eigenvalue weighted by Gasteiger charge is -2.07. The standard InChI is InChI=1S/C16H14F2N4O/c1-23-14-8-2-11(3-9-14)10-22-16(19-20-21-22)13-6-4-12(5-7-13)15(17)18/h2-9,15H,10H2,1H3. The molecule has 0 bridgehead atoms. The van der Waals surface area contributed by atoms with Crippen LogP contribution in [0, 0.1) is 0 Å². The molecule has 1 aromatic heterocycles. The van der Waals surface area contributed by atoms with Gasteiger partial charge in [-0.15, -0.1) is 5.10 Å². The Hall–Kier alpha value is -2.83. The van der Waals surface area contributed by atoms with Crippen LogP contribution in [-0.4, -0.2) is 27.3 Å². The first-order valence-corrected chi connectivity index (χ1v) is 6.95. The molecule has 0 amide bonds. The summed E-state index contributed by atoms with van der Waals surface area (Å²) in [6.07, 6.45) is -2.49. The Labute approximate surface area is 131 Å². The lowest BCUT2D eigenvalue weighted by Crippen LogP contribution is -2.04. The van der Waals surface area contributed by atoms with Crippen LogP contribution in [0.15, 0.2) is 48.5 Å². The number of aromatic nitrogens is 4. The van der Waals surface area contributed by atoms with Gasteiger partial charge in [0.2, 0.25) is 0 Å². The molecule has 0 spiro atoms. The minimum absolute atomic E-state index is 0.0251. The van der Waals surface area contributed by atoms with Crippen LogP contribution in [0.2, 0.25) is 0 Å². The van der Waals surface area contributed by atoms with Crippen LogP contribution in [0.25, 0.3) is 11.4 Å². The van der Waals surface area contributed by atoms with E-state index in [1.807, 2.05) is 24.3 Å². The molecule has 0 unspecified atom stereocenters. The maximum absolute atomic E-state index is 12.6. The zero-order valence-corrected chi connectivity index (χ0v) is 12.4. The average molecular weight is 316 g/mol. The van der Waals surface area contributed by atoms with Crippen LogP contribution in [-0.2, 0) is 6.54 Å². The molecule has 0 aliphatic heterocycles. The second-order valence-corrected chi connectivity index (χ2v) is 4.93. The highest BCUT2D eigenvalue weighted by molar-refractivity contribution is 5.55. The van der Waals surface area contributed by atoms with Gasteiger partial charge in [0.05, 0.1) is 13.7 Å². The number of benzene rings is 2. The summed E-state index contributed by atoms with van der Waals surface area (Å²) < 4.78 is 32.0. The van der Waals surface area contributed by atoms with Gasteiger partial charge >= 0.3 is 0 Å². The fourth-order valence-corrected chi connectivity index (χ4v) is 2.20. The molecule has 0 aliphatic rings. The summed E-state index contributed by atoms with van der Waals surface area (Å²) in [5.41, 5.74) is 1.67. The number of hydrogen-bond acceptors (Lipinski definition) is 4. The Morgan fingerprint density at radius 1 is 1.04 bits per heavy atom. The van der Waals surface area contributed by atoms with Crippen LogP contribution in [0.4, 0.5) is 8.78 Å². The smallest absolute Gasteiger partial charge is 0.263 e. The van der Waals surface area contributed by atoms with Crippen molar-refractivity contribution in [1.82, 2.24) is 20.2 Å². The molecule has 5 nitrogen and oxygen atoms in total. The normalized spacial score (nSPS) is 11.0. The van der Waals surface area contributed by atoms with E-state index in [0.29, 0.717) is 17.9 Å². The zero-order chi connectivity index (χ0) is 16.2. The largest absolute Gasteiger partial charge is 0.497 e. The van der Waals surface area contributed by atoms with Gasteiger partial charge < -0.3 is 4.74 Å². The number of methoxy groups -OCH3 is 1. The molecule has 23 heavy (non-hydrogen) atoms. The minimum atomic E-state index is -2.49. The van der Waals surface area contributed by atoms with Crippen molar-refractivity contribution in [2.75, 3.05) is 7.11 Å². The molecular weight excluding hydrogens is 302 g/mol. The topological polar surface area (TPSA) is 52.8 Å². The fraction of sp³-hybridized carbons (Fsp3) is 0.188. The van der Waals surface area contributed by atoms with Crippen LogP contribution < -0.4 is 4.74 Å². The molecule has 0 N–H and O–H groups in total. The third-order valence-electron chi connectivity index (χ3n) is 3.44. The molecule has 0 atom stereocenters. The number of halogens is 2. The molecular formula is C16H14F2N4O. The van der Waals surface area contributed by atoms with Crippen molar-refractivity contribution in [3.63, 3.8) is 0 Å². The van der Waals surface area contributed by atoms with E-state index in [-0.39, 0.29) is 5.56 Å². The lowest BCUT2D eigenvalue weighted by molar-refractivity contribution is 0.151. The number of hydrogen-bond donors (Lipinski definition) is 0. The molecule has 3 rings (SSSR count). The van der Waals surface area contributed by atoms with Crippen LogP contribution in [0.3, 0.4) is 0 Å². The first-order chi connectivity index (χ1) is 11.2. The summed E-state index contributed by atoms with van der Waals surface area (Å²) in [6.45, 7) is 0.475. The molecule has 1 heterocycles. The first kappa shape index (κ1) is 15.1. The lowest BCUT2D eigenvalue weighted by atomic mass is 10.1. The maximum Gasteiger partial charge on any atom is 0.263 e. The number of ether oxygens (including phenoxy) is 1. The summed E-state index contributed by atoms with van der Waals surface area (Å²) in [6, 6.07) is 13.5. The quantitative estimate of drug-likeness (QED) is 0.724. The average Bonchev–Trinajstić information content (AvgIpc) is 3.04. The number of nitrogens with zero attached hydrogens (tertiary/aromatic N) is 4. The number of rotatable bonds is 5. The van der Waals surface area contributed by atoms with Gasteiger partial charge in [0, 0.05) is 11.1 Å². The third-order valence-corrected chi connectivity index (χ3v) is 3.44. The zero-order valence-electron chi connectivity index (χ0n) is 12.4. The fourth-order valence-electron chi connectivity index (χ4n) is 2.20. The van der Waals surface area contributed by atoms with E-state index in [9.17, 15) is 8.78 Å². The summed E-state index contributed by atoms with van der Waals surface area (Å²) in [5.74, 6) is 1.30. The predicted molar refractivity (Wildman–Crippen MR) is 80.3 cm³/mol. The highest BCUT2D eigenvalue weighted by Gasteiger charge is 2.11. The van der Waals surface area contributed by atoms with Crippen molar-refractivity contribution in [1.29, 1.82) is 0 Å². The van der Waals surface area contributed by atoms with Crippen molar-refractivity contribution in [2.24, 2.45) is 0 Å². The van der Waals surface area contributed by atoms with Gasteiger partial charge in [-0.25, -0.2) is 13.5 Å². The number of tetrazole rings is 1. The highest BCUT2D eigenvalue weighted by Crippen LogP contribution is 2.23. The van der Waals surface area contributed by atoms with Gasteiger partial charge in [-0.1, -0.05) is 36.4 Å². The van der Waals surface area contributed by atoms with Crippen molar-refractivity contribution in [3.05, 3.63) is 59.7 Å². The van der Waals surface area contributed by atoms with Crippen LogP contribution in [0.1, 0.15) is 17.6 Å². The van der Waals surface area contributed by atoms with E-state index in [0.717, 1.165) is 11.3 Å². The first-order valence-electron chi connectivity index (χ1n) is 6.95. The molecule has 3 aromatic rings. The van der Waals surface area contributed by atoms with Gasteiger partial charge in [-0.05, 0) is 28.1 Å². The highest BCUT2D eigenvalue weighted by atomic mass is 19.3. The Bertz CT molecular complexity index is 770. The second-order valence-electron chi connectivity index (χ2n) is 4.93. The summed E-state index contributed by atoms with van der Waals surface area (Å²) >= 11 is 0. The van der Waals surface area contributed by atoms with E-state index >= 15 is 0 Å². The van der Waals surface area contributed by atoms with E-state index in [1.54, 1.807) is 23.9 Å². The van der Waals surface area contributed by atoms with Gasteiger partial charge in [-0.3, -0.25) is 0 Å². The van der Waals surface area contributed by atoms with Gasteiger partial charge in [-0.2, -0.15) is 0 Å². The van der Waals surface area contributed by atoms with E-state index < -0.39 is 6.43 Å². The van der Waals surface area contributed by atoms with Crippen molar-refractivity contribution in [2.45, 2.75) is 13.0 Å². The second kappa shape index (κ2) is 6.51. The monoisotopic (exact) mass is 316 g/mol. The Morgan fingerprint density at radius 2 is 1.74 bits per heavy atom. The number of alkyl halides is 2. The predicted octanol–water partition coefficient (Wildman–Crippen LogP) is 3.33. The summed E-state index contributed by atoms with van der Waals surface area (Å²) in [5, 5.41) is 11.6. The van der Waals surface area contributed by atoms with Gasteiger partial charge in [0.25, 0.3) is 6.43 Å². The van der Waals surface area contributed by atoms with Crippen molar-refractivity contribution < 1.29 is 13.5 Å². The minimum Gasteiger partial charge on any atom is -0.497 e. The Morgan fingerprint density at radius 3 is 2.35 bits per heavy atom. The molecule has 0 saturated heterocycles. The SMILES string of the molecule is COc1ccc(Cn2nnnc2-c2ccc(C(F)F)cc2)cc1. The Kier molecular flexibility index (Phi) is 4.27. The molecule has 0 radical (unpaired) electrons. The third kappa shape index (κ3) is 3.33. The molecule has 118 valence electrons. The molecule has 0 saturated carbocycles. The van der Waals surface area contributed by atoms with Crippen molar-refractivity contribution >= 4 is 0 Å². The maximum atomic E-state index is 12.6. The molecule has 0 fully saturated rings. The van der Waals surface area contributed by atoms with Crippen LogP contribution in [0.5, 0.6) is 5.75 Å². The van der Waals surface area contributed by atoms with Gasteiger partial charge in [0.1, 0.15) is 5.75 Å². The summed E-state index contributed by atoms with van der Waals surface area (Å²) in [4.78, 5) is 0. The molecule has 7 heteroatoms. The van der Waals surface area contributed by atoms with E-state index in [4.69, 9.17) is 4.74 Å². The van der Waals surface area contributed by atoms with E-state index in [2.05, 4.69) is 15.5 Å². The van der Waals surface area contributed by atoms with Gasteiger partial charge in [0.15, 0.2) is 5.82 Å². The van der Waals surface area contributed by atoms with Crippen LogP contribution >= 0.6 is 0 Å². The molecule has 0 aliphatic carbocycles. The Balaban J connectivity index is 1.83. The van der Waals surface area contributed by atoms with Crippen molar-refractivity contribution in [3.8, 4) is 17.1 Å². The molecule has 2 aromatic carbocycles. The van der Waals surface area contributed by atoms with E-state index in [1.165, 1.54) is 12.1 Å². The summed E-state index contributed by atoms with van der Waals surface area (Å²) in [7, 11) is 1.61.